The maximum Gasteiger partial charge on any atom is 0.0327 e. The predicted octanol–water partition coefficient (Wildman–Crippen LogP) is 3.22. The lowest BCUT2D eigenvalue weighted by molar-refractivity contribution is 0.447. The second-order valence-electron chi connectivity index (χ2n) is 4.28. The Morgan fingerprint density at radius 1 is 1.00 bits per heavy atom. The Morgan fingerprint density at radius 2 is 1.73 bits per heavy atom. The molecule has 76 valence electrons. The van der Waals surface area contributed by atoms with E-state index in [-0.39, 0.29) is 0 Å². The first-order valence-corrected chi connectivity index (χ1v) is 5.58. The Kier molecular flexibility index (Phi) is 2.00. The van der Waals surface area contributed by atoms with E-state index in [0.29, 0.717) is 6.04 Å². The molecular weight excluding hydrogens is 182 g/mol. The van der Waals surface area contributed by atoms with E-state index in [0.717, 1.165) is 0 Å². The fourth-order valence-corrected chi connectivity index (χ4v) is 2.26. The van der Waals surface area contributed by atoms with Crippen molar-refractivity contribution in [2.24, 2.45) is 0 Å². The molecule has 0 aliphatic carbocycles. The molecule has 1 atom stereocenters. The molecule has 3 rings (SSSR count). The predicted molar refractivity (Wildman–Crippen MR) is 63.9 cm³/mol. The van der Waals surface area contributed by atoms with E-state index in [9.17, 15) is 0 Å². The topological polar surface area (TPSA) is 3.01 Å². The molecule has 2 aromatic rings. The Hall–Kier alpha value is -1.34. The highest BCUT2D eigenvalue weighted by Crippen LogP contribution is 2.30. The van der Waals surface area contributed by atoms with E-state index in [4.69, 9.17) is 0 Å². The van der Waals surface area contributed by atoms with Crippen molar-refractivity contribution in [2.75, 3.05) is 13.1 Å². The molecule has 1 fully saturated rings. The zero-order valence-corrected chi connectivity index (χ0v) is 8.98. The van der Waals surface area contributed by atoms with Crippen molar-refractivity contribution in [3.8, 4) is 0 Å². The molecule has 0 amide bonds. The number of rotatable bonds is 2. The van der Waals surface area contributed by atoms with Gasteiger partial charge in [-0.25, -0.2) is 0 Å². The molecule has 1 saturated heterocycles. The summed E-state index contributed by atoms with van der Waals surface area (Å²) in [5.74, 6) is 0. The van der Waals surface area contributed by atoms with Crippen LogP contribution in [-0.2, 0) is 0 Å². The minimum absolute atomic E-state index is 0.566. The molecule has 1 aliphatic rings. The summed E-state index contributed by atoms with van der Waals surface area (Å²) < 4.78 is 0. The highest BCUT2D eigenvalue weighted by atomic mass is 15.3. The SMILES string of the molecule is C[C@@H](c1cccc2ccccc12)N1CC1. The van der Waals surface area contributed by atoms with Crippen molar-refractivity contribution in [3.63, 3.8) is 0 Å². The summed E-state index contributed by atoms with van der Waals surface area (Å²) in [6.45, 7) is 4.81. The molecule has 1 aliphatic heterocycles. The van der Waals surface area contributed by atoms with Crippen LogP contribution in [-0.4, -0.2) is 18.0 Å². The highest BCUT2D eigenvalue weighted by molar-refractivity contribution is 5.86. The zero-order valence-electron chi connectivity index (χ0n) is 8.98. The van der Waals surface area contributed by atoms with Crippen LogP contribution in [0, 0.1) is 0 Å². The molecule has 15 heavy (non-hydrogen) atoms. The molecule has 0 aromatic heterocycles. The van der Waals surface area contributed by atoms with Crippen LogP contribution in [0.4, 0.5) is 0 Å². The van der Waals surface area contributed by atoms with Gasteiger partial charge < -0.3 is 0 Å². The summed E-state index contributed by atoms with van der Waals surface area (Å²) in [4.78, 5) is 2.49. The largest absolute Gasteiger partial charge is 0.294 e. The molecule has 1 heterocycles. The minimum Gasteiger partial charge on any atom is -0.294 e. The Bertz CT molecular complexity index is 480. The van der Waals surface area contributed by atoms with Crippen molar-refractivity contribution in [1.29, 1.82) is 0 Å². The van der Waals surface area contributed by atoms with Gasteiger partial charge in [-0.15, -0.1) is 0 Å². The number of hydrogen-bond donors (Lipinski definition) is 0. The Balaban J connectivity index is 2.16. The van der Waals surface area contributed by atoms with E-state index in [2.05, 4.69) is 54.3 Å². The van der Waals surface area contributed by atoms with Crippen LogP contribution in [0.2, 0.25) is 0 Å². The third kappa shape index (κ3) is 1.53. The van der Waals surface area contributed by atoms with E-state index in [1.807, 2.05) is 0 Å². The van der Waals surface area contributed by atoms with Gasteiger partial charge in [-0.05, 0) is 23.3 Å². The van der Waals surface area contributed by atoms with Crippen LogP contribution in [0.25, 0.3) is 10.8 Å². The van der Waals surface area contributed by atoms with E-state index in [1.54, 1.807) is 0 Å². The van der Waals surface area contributed by atoms with Crippen molar-refractivity contribution < 1.29 is 0 Å². The average molecular weight is 197 g/mol. The van der Waals surface area contributed by atoms with Crippen molar-refractivity contribution >= 4 is 10.8 Å². The van der Waals surface area contributed by atoms with Gasteiger partial charge in [0.25, 0.3) is 0 Å². The fourth-order valence-electron chi connectivity index (χ4n) is 2.26. The van der Waals surface area contributed by atoms with Crippen LogP contribution >= 0.6 is 0 Å². The van der Waals surface area contributed by atoms with Gasteiger partial charge in [0.05, 0.1) is 0 Å². The molecule has 1 nitrogen and oxygen atoms in total. The van der Waals surface area contributed by atoms with Gasteiger partial charge >= 0.3 is 0 Å². The fraction of sp³-hybridized carbons (Fsp3) is 0.286. The van der Waals surface area contributed by atoms with Crippen LogP contribution in [0.5, 0.6) is 0 Å². The molecule has 0 N–H and O–H groups in total. The van der Waals surface area contributed by atoms with Crippen molar-refractivity contribution in [1.82, 2.24) is 4.90 Å². The van der Waals surface area contributed by atoms with Gasteiger partial charge in [-0.1, -0.05) is 42.5 Å². The Labute approximate surface area is 90.3 Å². The minimum atomic E-state index is 0.566. The number of hydrogen-bond acceptors (Lipinski definition) is 1. The molecule has 0 spiro atoms. The van der Waals surface area contributed by atoms with E-state index >= 15 is 0 Å². The Morgan fingerprint density at radius 3 is 2.53 bits per heavy atom. The van der Waals surface area contributed by atoms with Gasteiger partial charge in [0.1, 0.15) is 0 Å². The number of benzene rings is 2. The van der Waals surface area contributed by atoms with Gasteiger partial charge in [0.15, 0.2) is 0 Å². The first kappa shape index (κ1) is 8.93. The first-order valence-electron chi connectivity index (χ1n) is 5.58. The van der Waals surface area contributed by atoms with Crippen LogP contribution in [0.15, 0.2) is 42.5 Å². The third-order valence-electron chi connectivity index (χ3n) is 3.30. The van der Waals surface area contributed by atoms with Crippen LogP contribution < -0.4 is 0 Å². The summed E-state index contributed by atoms with van der Waals surface area (Å²) in [5.41, 5.74) is 1.46. The average Bonchev–Trinajstić information content (AvgIpc) is 3.11. The second kappa shape index (κ2) is 3.35. The zero-order chi connectivity index (χ0) is 10.3. The maximum absolute atomic E-state index is 2.49. The lowest BCUT2D eigenvalue weighted by atomic mass is 10.00. The normalized spacial score (nSPS) is 17.9. The van der Waals surface area contributed by atoms with Crippen molar-refractivity contribution in [3.05, 3.63) is 48.0 Å². The van der Waals surface area contributed by atoms with Crippen LogP contribution in [0.3, 0.4) is 0 Å². The first-order chi connectivity index (χ1) is 7.36. The third-order valence-corrected chi connectivity index (χ3v) is 3.30. The smallest absolute Gasteiger partial charge is 0.0327 e. The summed E-state index contributed by atoms with van der Waals surface area (Å²) in [5, 5.41) is 2.75. The van der Waals surface area contributed by atoms with Gasteiger partial charge in [-0.2, -0.15) is 0 Å². The van der Waals surface area contributed by atoms with Crippen molar-refractivity contribution in [2.45, 2.75) is 13.0 Å². The number of fused-ring (bicyclic) bond motifs is 1. The van der Waals surface area contributed by atoms with E-state index < -0.39 is 0 Å². The summed E-state index contributed by atoms with van der Waals surface area (Å²) >= 11 is 0. The lowest BCUT2D eigenvalue weighted by Crippen LogP contribution is -2.05. The molecule has 0 saturated carbocycles. The standard InChI is InChI=1S/C14H15N/c1-11(15-9-10-15)13-8-4-6-12-5-2-3-7-14(12)13/h2-8,11H,9-10H2,1H3/t11-/m0/s1. The summed E-state index contributed by atoms with van der Waals surface area (Å²) in [7, 11) is 0. The van der Waals surface area contributed by atoms with Crippen LogP contribution in [0.1, 0.15) is 18.5 Å². The molecule has 0 radical (unpaired) electrons. The van der Waals surface area contributed by atoms with Gasteiger partial charge in [-0.3, -0.25) is 4.90 Å². The molecule has 1 heteroatoms. The molecule has 0 unspecified atom stereocenters. The van der Waals surface area contributed by atoms with Gasteiger partial charge in [0.2, 0.25) is 0 Å². The summed E-state index contributed by atoms with van der Waals surface area (Å²) in [6, 6.07) is 15.8. The molecule has 2 aromatic carbocycles. The molecular formula is C14H15N. The maximum atomic E-state index is 2.49. The monoisotopic (exact) mass is 197 g/mol. The summed E-state index contributed by atoms with van der Waals surface area (Å²) in [6.07, 6.45) is 0. The lowest BCUT2D eigenvalue weighted by Gasteiger charge is -2.15. The highest BCUT2D eigenvalue weighted by Gasteiger charge is 2.25. The van der Waals surface area contributed by atoms with E-state index in [1.165, 1.54) is 29.4 Å². The molecule has 0 bridgehead atoms. The quantitative estimate of drug-likeness (QED) is 0.668. The second-order valence-corrected chi connectivity index (χ2v) is 4.28. The number of nitrogens with zero attached hydrogens (tertiary/aromatic N) is 1. The van der Waals surface area contributed by atoms with Gasteiger partial charge in [0, 0.05) is 19.1 Å².